The molecule has 102 valence electrons. The Morgan fingerprint density at radius 1 is 1.28 bits per heavy atom. The molecule has 0 bridgehead atoms. The van der Waals surface area contributed by atoms with Gasteiger partial charge in [-0.05, 0) is 51.4 Å². The van der Waals surface area contributed by atoms with Crippen LogP contribution in [0.2, 0.25) is 0 Å². The Morgan fingerprint density at radius 2 is 1.94 bits per heavy atom. The summed E-state index contributed by atoms with van der Waals surface area (Å²) < 4.78 is 1.18. The van der Waals surface area contributed by atoms with E-state index in [0.29, 0.717) is 12.1 Å². The molecule has 0 saturated carbocycles. The number of nitrogens with zero attached hydrogens (tertiary/aromatic N) is 1. The van der Waals surface area contributed by atoms with Crippen molar-refractivity contribution in [1.82, 2.24) is 5.32 Å². The summed E-state index contributed by atoms with van der Waals surface area (Å²) in [6.07, 6.45) is 1.16. The fourth-order valence-electron chi connectivity index (χ4n) is 1.86. The monoisotopic (exact) mass is 312 g/mol. The minimum Gasteiger partial charge on any atom is -0.372 e. The molecule has 0 saturated heterocycles. The van der Waals surface area contributed by atoms with E-state index in [1.807, 2.05) is 0 Å². The molecule has 0 fully saturated rings. The first-order chi connectivity index (χ1) is 8.47. The average Bonchev–Trinajstić information content (AvgIpc) is 2.34. The maximum absolute atomic E-state index is 3.69. The number of hydrogen-bond acceptors (Lipinski definition) is 2. The largest absolute Gasteiger partial charge is 0.372 e. The SMILES string of the molecule is CCCNC(C)c1ccc(N(C)C(C)C)cc1Br. The van der Waals surface area contributed by atoms with Crippen LogP contribution in [-0.2, 0) is 0 Å². The van der Waals surface area contributed by atoms with Gasteiger partial charge in [0.2, 0.25) is 0 Å². The summed E-state index contributed by atoms with van der Waals surface area (Å²) in [6, 6.07) is 7.52. The molecule has 0 aliphatic rings. The molecule has 2 nitrogen and oxygen atoms in total. The highest BCUT2D eigenvalue weighted by atomic mass is 79.9. The number of rotatable bonds is 6. The summed E-state index contributed by atoms with van der Waals surface area (Å²) in [6.45, 7) is 9.86. The quantitative estimate of drug-likeness (QED) is 0.840. The van der Waals surface area contributed by atoms with E-state index in [1.165, 1.54) is 15.7 Å². The van der Waals surface area contributed by atoms with Gasteiger partial charge in [-0.25, -0.2) is 0 Å². The summed E-state index contributed by atoms with van der Waals surface area (Å²) in [5.41, 5.74) is 2.58. The lowest BCUT2D eigenvalue weighted by Gasteiger charge is -2.25. The summed E-state index contributed by atoms with van der Waals surface area (Å²) in [7, 11) is 2.13. The molecular weight excluding hydrogens is 288 g/mol. The maximum atomic E-state index is 3.69. The maximum Gasteiger partial charge on any atom is 0.0377 e. The molecule has 1 rings (SSSR count). The van der Waals surface area contributed by atoms with Crippen molar-refractivity contribution in [2.45, 2.75) is 46.2 Å². The third-order valence-corrected chi connectivity index (χ3v) is 4.02. The number of nitrogens with one attached hydrogen (secondary N) is 1. The second-order valence-corrected chi connectivity index (χ2v) is 5.94. The predicted octanol–water partition coefficient (Wildman–Crippen LogP) is 4.35. The van der Waals surface area contributed by atoms with Crippen molar-refractivity contribution in [3.05, 3.63) is 28.2 Å². The van der Waals surface area contributed by atoms with E-state index >= 15 is 0 Å². The van der Waals surface area contributed by atoms with Crippen molar-refractivity contribution in [3.8, 4) is 0 Å². The molecule has 0 aliphatic carbocycles. The van der Waals surface area contributed by atoms with Crippen molar-refractivity contribution in [2.75, 3.05) is 18.5 Å². The number of hydrogen-bond donors (Lipinski definition) is 1. The molecule has 3 heteroatoms. The highest BCUT2D eigenvalue weighted by molar-refractivity contribution is 9.10. The molecule has 0 aliphatic heterocycles. The highest BCUT2D eigenvalue weighted by Gasteiger charge is 2.11. The third-order valence-electron chi connectivity index (χ3n) is 3.33. The Hall–Kier alpha value is -0.540. The number of anilines is 1. The van der Waals surface area contributed by atoms with E-state index < -0.39 is 0 Å². The van der Waals surface area contributed by atoms with Crippen molar-refractivity contribution >= 4 is 21.6 Å². The first-order valence-electron chi connectivity index (χ1n) is 6.73. The van der Waals surface area contributed by atoms with Crippen LogP contribution in [0.25, 0.3) is 0 Å². The standard InChI is InChI=1S/C15H25BrN2/c1-6-9-17-12(4)14-8-7-13(10-15(14)16)18(5)11(2)3/h7-8,10-12,17H,6,9H2,1-5H3. The van der Waals surface area contributed by atoms with Gasteiger partial charge < -0.3 is 10.2 Å². The molecule has 0 radical (unpaired) electrons. The first-order valence-corrected chi connectivity index (χ1v) is 7.52. The van der Waals surface area contributed by atoms with Crippen LogP contribution in [0.1, 0.15) is 45.7 Å². The van der Waals surface area contributed by atoms with Gasteiger partial charge in [0.15, 0.2) is 0 Å². The zero-order chi connectivity index (χ0) is 13.7. The Morgan fingerprint density at radius 3 is 2.44 bits per heavy atom. The van der Waals surface area contributed by atoms with Gasteiger partial charge in [-0.2, -0.15) is 0 Å². The molecular formula is C15H25BrN2. The van der Waals surface area contributed by atoms with Crippen molar-refractivity contribution < 1.29 is 0 Å². The van der Waals surface area contributed by atoms with Gasteiger partial charge in [0.05, 0.1) is 0 Å². The zero-order valence-electron chi connectivity index (χ0n) is 12.1. The lowest BCUT2D eigenvalue weighted by atomic mass is 10.1. The van der Waals surface area contributed by atoms with Gasteiger partial charge >= 0.3 is 0 Å². The van der Waals surface area contributed by atoms with Gasteiger partial charge in [-0.15, -0.1) is 0 Å². The molecule has 0 amide bonds. The lowest BCUT2D eigenvalue weighted by molar-refractivity contribution is 0.569. The number of benzene rings is 1. The van der Waals surface area contributed by atoms with Gasteiger partial charge in [0.25, 0.3) is 0 Å². The predicted molar refractivity (Wildman–Crippen MR) is 84.4 cm³/mol. The summed E-state index contributed by atoms with van der Waals surface area (Å²) >= 11 is 3.69. The van der Waals surface area contributed by atoms with Crippen LogP contribution < -0.4 is 10.2 Å². The normalized spacial score (nSPS) is 12.8. The van der Waals surface area contributed by atoms with Crippen LogP contribution in [0.5, 0.6) is 0 Å². The van der Waals surface area contributed by atoms with E-state index in [1.54, 1.807) is 0 Å². The van der Waals surface area contributed by atoms with Gasteiger partial charge in [-0.3, -0.25) is 0 Å². The highest BCUT2D eigenvalue weighted by Crippen LogP contribution is 2.28. The van der Waals surface area contributed by atoms with Crippen LogP contribution in [0.15, 0.2) is 22.7 Å². The molecule has 1 N–H and O–H groups in total. The molecule has 0 heterocycles. The van der Waals surface area contributed by atoms with E-state index in [2.05, 4.69) is 79.1 Å². The molecule has 18 heavy (non-hydrogen) atoms. The fraction of sp³-hybridized carbons (Fsp3) is 0.600. The van der Waals surface area contributed by atoms with Crippen LogP contribution in [0.3, 0.4) is 0 Å². The fourth-order valence-corrected chi connectivity index (χ4v) is 2.57. The van der Waals surface area contributed by atoms with Crippen molar-refractivity contribution in [3.63, 3.8) is 0 Å². The number of halogens is 1. The third kappa shape index (κ3) is 3.99. The van der Waals surface area contributed by atoms with Crippen LogP contribution in [0, 0.1) is 0 Å². The van der Waals surface area contributed by atoms with Gasteiger partial charge in [0, 0.05) is 29.3 Å². The summed E-state index contributed by atoms with van der Waals surface area (Å²) in [4.78, 5) is 2.28. The molecule has 0 spiro atoms. The van der Waals surface area contributed by atoms with E-state index in [-0.39, 0.29) is 0 Å². The van der Waals surface area contributed by atoms with Crippen LogP contribution >= 0.6 is 15.9 Å². The molecule has 1 aromatic carbocycles. The Balaban J connectivity index is 2.85. The van der Waals surface area contributed by atoms with E-state index in [9.17, 15) is 0 Å². The summed E-state index contributed by atoms with van der Waals surface area (Å²) in [5.74, 6) is 0. The zero-order valence-corrected chi connectivity index (χ0v) is 13.7. The lowest BCUT2D eigenvalue weighted by Crippen LogP contribution is -2.25. The minimum atomic E-state index is 0.387. The summed E-state index contributed by atoms with van der Waals surface area (Å²) in [5, 5.41) is 3.52. The smallest absolute Gasteiger partial charge is 0.0377 e. The van der Waals surface area contributed by atoms with Crippen LogP contribution in [-0.4, -0.2) is 19.6 Å². The molecule has 0 aromatic heterocycles. The average molecular weight is 313 g/mol. The van der Waals surface area contributed by atoms with Crippen molar-refractivity contribution in [2.24, 2.45) is 0 Å². The second kappa shape index (κ2) is 7.15. The molecule has 1 unspecified atom stereocenters. The van der Waals surface area contributed by atoms with E-state index in [4.69, 9.17) is 0 Å². The van der Waals surface area contributed by atoms with Gasteiger partial charge in [0.1, 0.15) is 0 Å². The molecule has 1 aromatic rings. The Kier molecular flexibility index (Phi) is 6.16. The van der Waals surface area contributed by atoms with Crippen molar-refractivity contribution in [1.29, 1.82) is 0 Å². The Labute approximate surface area is 120 Å². The second-order valence-electron chi connectivity index (χ2n) is 5.09. The van der Waals surface area contributed by atoms with E-state index in [0.717, 1.165) is 13.0 Å². The van der Waals surface area contributed by atoms with Gasteiger partial charge in [-0.1, -0.05) is 28.9 Å². The minimum absolute atomic E-state index is 0.387. The first kappa shape index (κ1) is 15.5. The topological polar surface area (TPSA) is 15.3 Å². The van der Waals surface area contributed by atoms with Crippen LogP contribution in [0.4, 0.5) is 5.69 Å². The Bertz CT molecular complexity index is 377. The molecule has 1 atom stereocenters.